The molecular formula is C12H13ClN4OS. The molecule has 1 atom stereocenters. The molecule has 2 aromatic rings. The van der Waals surface area contributed by atoms with Gasteiger partial charge in [0.05, 0.1) is 5.39 Å². The van der Waals surface area contributed by atoms with Gasteiger partial charge in [-0.15, -0.1) is 11.3 Å². The van der Waals surface area contributed by atoms with Crippen LogP contribution in [-0.2, 0) is 4.79 Å². The molecule has 3 heterocycles. The van der Waals surface area contributed by atoms with E-state index < -0.39 is 0 Å². The van der Waals surface area contributed by atoms with Gasteiger partial charge in [-0.3, -0.25) is 4.79 Å². The van der Waals surface area contributed by atoms with Gasteiger partial charge < -0.3 is 10.2 Å². The van der Waals surface area contributed by atoms with E-state index in [0.717, 1.165) is 35.5 Å². The number of nitrogens with one attached hydrogen (secondary N) is 1. The molecule has 1 aliphatic rings. The second kappa shape index (κ2) is 4.94. The molecule has 5 nitrogen and oxygen atoms in total. The number of halogens is 1. The standard InChI is InChI=1S/C12H13ClN4OS/c1-7(18)14-8-2-4-17(6-8)10-9-3-5-19-11(9)16-12(13)15-10/h3,5,8H,2,4,6H2,1H3,(H,14,18). The van der Waals surface area contributed by atoms with Crippen LogP contribution in [0.3, 0.4) is 0 Å². The monoisotopic (exact) mass is 296 g/mol. The molecule has 2 aromatic heterocycles. The molecule has 1 saturated heterocycles. The molecule has 1 unspecified atom stereocenters. The van der Waals surface area contributed by atoms with E-state index in [2.05, 4.69) is 20.2 Å². The van der Waals surface area contributed by atoms with Gasteiger partial charge in [0.25, 0.3) is 0 Å². The number of amides is 1. The van der Waals surface area contributed by atoms with Gasteiger partial charge in [-0.05, 0) is 29.5 Å². The molecule has 0 aliphatic carbocycles. The van der Waals surface area contributed by atoms with E-state index in [9.17, 15) is 4.79 Å². The molecule has 0 bridgehead atoms. The predicted octanol–water partition coefficient (Wildman–Crippen LogP) is 2.06. The summed E-state index contributed by atoms with van der Waals surface area (Å²) in [6.07, 6.45) is 0.923. The van der Waals surface area contributed by atoms with Crippen LogP contribution < -0.4 is 10.2 Å². The van der Waals surface area contributed by atoms with Gasteiger partial charge in [-0.2, -0.15) is 4.98 Å². The van der Waals surface area contributed by atoms with Crippen molar-refractivity contribution in [2.75, 3.05) is 18.0 Å². The SMILES string of the molecule is CC(=O)NC1CCN(c2nc(Cl)nc3sccc23)C1. The fraction of sp³-hybridized carbons (Fsp3) is 0.417. The third-order valence-corrected chi connectivity index (χ3v) is 4.15. The maximum absolute atomic E-state index is 11.1. The van der Waals surface area contributed by atoms with Crippen LogP contribution in [0, 0.1) is 0 Å². The summed E-state index contributed by atoms with van der Waals surface area (Å²) in [6, 6.07) is 2.19. The molecular weight excluding hydrogens is 284 g/mol. The van der Waals surface area contributed by atoms with Crippen LogP contribution >= 0.6 is 22.9 Å². The van der Waals surface area contributed by atoms with E-state index in [4.69, 9.17) is 11.6 Å². The second-order valence-corrected chi connectivity index (χ2v) is 5.82. The van der Waals surface area contributed by atoms with Gasteiger partial charge in [-0.1, -0.05) is 0 Å². The lowest BCUT2D eigenvalue weighted by Crippen LogP contribution is -2.35. The maximum atomic E-state index is 11.1. The Balaban J connectivity index is 1.89. The highest BCUT2D eigenvalue weighted by atomic mass is 35.5. The zero-order valence-corrected chi connectivity index (χ0v) is 12.0. The van der Waals surface area contributed by atoms with Gasteiger partial charge in [0, 0.05) is 26.1 Å². The summed E-state index contributed by atoms with van der Waals surface area (Å²) in [5.74, 6) is 0.873. The van der Waals surface area contributed by atoms with E-state index in [0.29, 0.717) is 0 Å². The number of thiophene rings is 1. The zero-order valence-electron chi connectivity index (χ0n) is 10.4. The average Bonchev–Trinajstić information content (AvgIpc) is 2.95. The van der Waals surface area contributed by atoms with Gasteiger partial charge in [-0.25, -0.2) is 4.98 Å². The van der Waals surface area contributed by atoms with Crippen molar-refractivity contribution in [2.24, 2.45) is 0 Å². The van der Waals surface area contributed by atoms with Crippen LogP contribution in [-0.4, -0.2) is 35.0 Å². The summed E-state index contributed by atoms with van der Waals surface area (Å²) in [6.45, 7) is 3.17. The first kappa shape index (κ1) is 12.6. The van der Waals surface area contributed by atoms with Crippen molar-refractivity contribution >= 4 is 44.9 Å². The van der Waals surface area contributed by atoms with Crippen LogP contribution in [0.25, 0.3) is 10.2 Å². The van der Waals surface area contributed by atoms with Crippen LogP contribution in [0.4, 0.5) is 5.82 Å². The number of aromatic nitrogens is 2. The van der Waals surface area contributed by atoms with Crippen LogP contribution in [0.2, 0.25) is 5.28 Å². The first-order valence-electron chi connectivity index (χ1n) is 6.06. The molecule has 0 spiro atoms. The third-order valence-electron chi connectivity index (χ3n) is 3.17. The molecule has 1 aliphatic heterocycles. The molecule has 3 rings (SSSR count). The highest BCUT2D eigenvalue weighted by molar-refractivity contribution is 7.16. The van der Waals surface area contributed by atoms with E-state index in [1.165, 1.54) is 0 Å². The number of fused-ring (bicyclic) bond motifs is 1. The van der Waals surface area contributed by atoms with Crippen molar-refractivity contribution < 1.29 is 4.79 Å². The topological polar surface area (TPSA) is 58.1 Å². The van der Waals surface area contributed by atoms with Gasteiger partial charge in [0.1, 0.15) is 10.6 Å². The highest BCUT2D eigenvalue weighted by Crippen LogP contribution is 2.30. The van der Waals surface area contributed by atoms with Crippen molar-refractivity contribution in [1.82, 2.24) is 15.3 Å². The fourth-order valence-corrected chi connectivity index (χ4v) is 3.39. The lowest BCUT2D eigenvalue weighted by molar-refractivity contribution is -0.119. The van der Waals surface area contributed by atoms with Gasteiger partial charge in [0.2, 0.25) is 11.2 Å². The first-order chi connectivity index (χ1) is 9.13. The summed E-state index contributed by atoms with van der Waals surface area (Å²) in [5, 5.41) is 6.23. The smallest absolute Gasteiger partial charge is 0.225 e. The molecule has 0 radical (unpaired) electrons. The number of anilines is 1. The van der Waals surface area contributed by atoms with Crippen LogP contribution in [0.5, 0.6) is 0 Å². The predicted molar refractivity (Wildman–Crippen MR) is 76.9 cm³/mol. The molecule has 100 valence electrons. The Kier molecular flexibility index (Phi) is 3.28. The number of hydrogen-bond acceptors (Lipinski definition) is 5. The lowest BCUT2D eigenvalue weighted by Gasteiger charge is -2.18. The molecule has 1 fully saturated rings. The van der Waals surface area contributed by atoms with Gasteiger partial charge >= 0.3 is 0 Å². The average molecular weight is 297 g/mol. The Bertz CT molecular complexity index is 629. The number of hydrogen-bond donors (Lipinski definition) is 1. The van der Waals surface area contributed by atoms with Crippen molar-refractivity contribution in [3.63, 3.8) is 0 Å². The Labute approximate surface area is 119 Å². The fourth-order valence-electron chi connectivity index (χ4n) is 2.41. The normalized spacial score (nSPS) is 19.1. The first-order valence-corrected chi connectivity index (χ1v) is 7.32. The summed E-state index contributed by atoms with van der Waals surface area (Å²) < 4.78 is 0. The van der Waals surface area contributed by atoms with E-state index in [-0.39, 0.29) is 17.2 Å². The Morgan fingerprint density at radius 1 is 1.58 bits per heavy atom. The summed E-state index contributed by atoms with van der Waals surface area (Å²) >= 11 is 7.52. The molecule has 1 amide bonds. The summed E-state index contributed by atoms with van der Waals surface area (Å²) in [4.78, 5) is 22.7. The molecule has 1 N–H and O–H groups in total. The van der Waals surface area contributed by atoms with Gasteiger partial charge in [0.15, 0.2) is 0 Å². The molecule has 19 heavy (non-hydrogen) atoms. The summed E-state index contributed by atoms with van der Waals surface area (Å²) in [7, 11) is 0. The summed E-state index contributed by atoms with van der Waals surface area (Å²) in [5.41, 5.74) is 0. The van der Waals surface area contributed by atoms with E-state index >= 15 is 0 Å². The van der Waals surface area contributed by atoms with Crippen molar-refractivity contribution in [3.8, 4) is 0 Å². The molecule has 0 aromatic carbocycles. The minimum atomic E-state index is 0.00764. The molecule has 0 saturated carbocycles. The lowest BCUT2D eigenvalue weighted by atomic mass is 10.2. The number of rotatable bonds is 2. The number of nitrogens with zero attached hydrogens (tertiary/aromatic N) is 3. The largest absolute Gasteiger partial charge is 0.354 e. The Hall–Kier alpha value is -1.40. The maximum Gasteiger partial charge on any atom is 0.225 e. The quantitative estimate of drug-likeness (QED) is 0.862. The number of carbonyl (C=O) groups excluding carboxylic acids is 1. The number of carbonyl (C=O) groups is 1. The second-order valence-electron chi connectivity index (χ2n) is 4.59. The Morgan fingerprint density at radius 2 is 2.42 bits per heavy atom. The molecule has 7 heteroatoms. The highest BCUT2D eigenvalue weighted by Gasteiger charge is 2.26. The van der Waals surface area contributed by atoms with Crippen LogP contribution in [0.15, 0.2) is 11.4 Å². The minimum absolute atomic E-state index is 0.00764. The van der Waals surface area contributed by atoms with Crippen LogP contribution in [0.1, 0.15) is 13.3 Å². The van der Waals surface area contributed by atoms with Crippen molar-refractivity contribution in [3.05, 3.63) is 16.7 Å². The van der Waals surface area contributed by atoms with Crippen molar-refractivity contribution in [2.45, 2.75) is 19.4 Å². The third kappa shape index (κ3) is 2.50. The van der Waals surface area contributed by atoms with E-state index in [1.54, 1.807) is 18.3 Å². The minimum Gasteiger partial charge on any atom is -0.354 e. The van der Waals surface area contributed by atoms with E-state index in [1.807, 2.05) is 11.4 Å². The Morgan fingerprint density at radius 3 is 3.21 bits per heavy atom. The zero-order chi connectivity index (χ0) is 13.4. The van der Waals surface area contributed by atoms with Crippen molar-refractivity contribution in [1.29, 1.82) is 0 Å².